The summed E-state index contributed by atoms with van der Waals surface area (Å²) in [5, 5.41) is 0. The molecule has 1 aliphatic heterocycles. The lowest BCUT2D eigenvalue weighted by Gasteiger charge is -2.34. The van der Waals surface area contributed by atoms with Gasteiger partial charge in [-0.3, -0.25) is 9.59 Å². The van der Waals surface area contributed by atoms with Gasteiger partial charge in [0, 0.05) is 26.7 Å². The molecule has 1 saturated heterocycles. The number of carbonyl (C=O) groups excluding carboxylic acids is 2. The third-order valence-electron chi connectivity index (χ3n) is 5.05. The minimum Gasteiger partial charge on any atom is -0.461 e. The molecule has 1 amide bonds. The maximum atomic E-state index is 13.0. The summed E-state index contributed by atoms with van der Waals surface area (Å²) in [4.78, 5) is 28.3. The Labute approximate surface area is 158 Å². The fourth-order valence-electron chi connectivity index (χ4n) is 3.60. The molecule has 0 saturated carbocycles. The zero-order valence-corrected chi connectivity index (χ0v) is 15.6. The van der Waals surface area contributed by atoms with E-state index in [0.29, 0.717) is 12.5 Å². The molecule has 0 N–H and O–H groups in total. The zero-order valence-electron chi connectivity index (χ0n) is 15.6. The van der Waals surface area contributed by atoms with E-state index in [9.17, 15) is 14.0 Å². The fourth-order valence-corrected chi connectivity index (χ4v) is 3.60. The van der Waals surface area contributed by atoms with Gasteiger partial charge in [-0.1, -0.05) is 12.1 Å². The van der Waals surface area contributed by atoms with E-state index in [-0.39, 0.29) is 11.6 Å². The number of benzene rings is 1. The summed E-state index contributed by atoms with van der Waals surface area (Å²) in [5.41, 5.74) is 1.12. The average Bonchev–Trinajstić information content (AvgIpc) is 3.21. The molecule has 144 valence electrons. The van der Waals surface area contributed by atoms with Crippen molar-refractivity contribution in [2.45, 2.75) is 19.3 Å². The SMILES string of the molecule is CN(C[C@@H]1CCCN(CCc2ccc(F)cc2)C1)C(=O)C(=O)c1ccco1. The van der Waals surface area contributed by atoms with Gasteiger partial charge >= 0.3 is 0 Å². The molecule has 1 fully saturated rings. The highest BCUT2D eigenvalue weighted by Crippen LogP contribution is 2.18. The highest BCUT2D eigenvalue weighted by atomic mass is 19.1. The summed E-state index contributed by atoms with van der Waals surface area (Å²) in [6.45, 7) is 3.39. The lowest BCUT2D eigenvalue weighted by molar-refractivity contribution is -0.126. The Kier molecular flexibility index (Phi) is 6.40. The molecule has 2 aromatic rings. The molecule has 1 aliphatic rings. The van der Waals surface area contributed by atoms with Crippen molar-refractivity contribution in [3.05, 3.63) is 59.8 Å². The molecule has 2 heterocycles. The Morgan fingerprint density at radius 3 is 2.74 bits per heavy atom. The first-order valence-electron chi connectivity index (χ1n) is 9.33. The van der Waals surface area contributed by atoms with Gasteiger partial charge in [-0.25, -0.2) is 4.39 Å². The quantitative estimate of drug-likeness (QED) is 0.554. The zero-order chi connectivity index (χ0) is 19.2. The summed E-state index contributed by atoms with van der Waals surface area (Å²) < 4.78 is 18.0. The lowest BCUT2D eigenvalue weighted by Crippen LogP contribution is -2.43. The van der Waals surface area contributed by atoms with Crippen LogP contribution >= 0.6 is 0 Å². The van der Waals surface area contributed by atoms with E-state index < -0.39 is 11.7 Å². The number of carbonyl (C=O) groups is 2. The van der Waals surface area contributed by atoms with Gasteiger partial charge in [-0.15, -0.1) is 0 Å². The number of likely N-dealkylation sites (N-methyl/N-ethyl adjacent to an activating group) is 1. The van der Waals surface area contributed by atoms with Gasteiger partial charge in [-0.05, 0) is 61.6 Å². The number of furan rings is 1. The first-order chi connectivity index (χ1) is 13.0. The third-order valence-corrected chi connectivity index (χ3v) is 5.05. The summed E-state index contributed by atoms with van der Waals surface area (Å²) in [6.07, 6.45) is 4.38. The number of halogens is 1. The predicted octanol–water partition coefficient (Wildman–Crippen LogP) is 3.01. The van der Waals surface area contributed by atoms with Crippen LogP contribution in [0.3, 0.4) is 0 Å². The molecule has 1 aromatic carbocycles. The molecular formula is C21H25FN2O3. The van der Waals surface area contributed by atoms with Crippen molar-refractivity contribution in [1.29, 1.82) is 0 Å². The minimum absolute atomic E-state index is 0.0800. The standard InChI is InChI=1S/C21H25FN2O3/c1-23(21(26)20(25)19-5-3-13-27-19)14-17-4-2-11-24(15-17)12-10-16-6-8-18(22)9-7-16/h3,5-9,13,17H,2,4,10-12,14-15H2,1H3/t17-/m0/s1. The second kappa shape index (κ2) is 8.95. The van der Waals surface area contributed by atoms with Crippen LogP contribution in [0.15, 0.2) is 47.1 Å². The lowest BCUT2D eigenvalue weighted by atomic mass is 9.97. The maximum Gasteiger partial charge on any atom is 0.298 e. The molecule has 6 heteroatoms. The third kappa shape index (κ3) is 5.26. The molecule has 0 spiro atoms. The predicted molar refractivity (Wildman–Crippen MR) is 99.9 cm³/mol. The van der Waals surface area contributed by atoms with Gasteiger partial charge in [0.1, 0.15) is 5.82 Å². The molecule has 0 aliphatic carbocycles. The van der Waals surface area contributed by atoms with Crippen molar-refractivity contribution in [3.8, 4) is 0 Å². The van der Waals surface area contributed by atoms with E-state index in [2.05, 4.69) is 4.90 Å². The highest BCUT2D eigenvalue weighted by molar-refractivity contribution is 6.41. The number of piperidine rings is 1. The molecule has 0 radical (unpaired) electrons. The largest absolute Gasteiger partial charge is 0.461 e. The van der Waals surface area contributed by atoms with Gasteiger partial charge in [-0.2, -0.15) is 0 Å². The van der Waals surface area contributed by atoms with Crippen molar-refractivity contribution in [3.63, 3.8) is 0 Å². The smallest absolute Gasteiger partial charge is 0.298 e. The van der Waals surface area contributed by atoms with E-state index >= 15 is 0 Å². The Balaban J connectivity index is 1.48. The summed E-state index contributed by atoms with van der Waals surface area (Å²) in [5.74, 6) is -0.935. The highest BCUT2D eigenvalue weighted by Gasteiger charge is 2.27. The number of nitrogens with zero attached hydrogens (tertiary/aromatic N) is 2. The minimum atomic E-state index is -0.605. The van der Waals surface area contributed by atoms with E-state index in [4.69, 9.17) is 4.42 Å². The average molecular weight is 372 g/mol. The van der Waals surface area contributed by atoms with Crippen molar-refractivity contribution in [1.82, 2.24) is 9.80 Å². The summed E-state index contributed by atoms with van der Waals surface area (Å²) in [6, 6.07) is 9.73. The molecule has 1 atom stereocenters. The number of amides is 1. The number of hydrogen-bond donors (Lipinski definition) is 0. The Hall–Kier alpha value is -2.47. The van der Waals surface area contributed by atoms with Crippen LogP contribution in [0.5, 0.6) is 0 Å². The Morgan fingerprint density at radius 2 is 2.04 bits per heavy atom. The van der Waals surface area contributed by atoms with Crippen LogP contribution in [0.25, 0.3) is 0 Å². The Bertz CT molecular complexity index is 758. The fraction of sp³-hybridized carbons (Fsp3) is 0.429. The summed E-state index contributed by atoms with van der Waals surface area (Å²) in [7, 11) is 1.67. The van der Waals surface area contributed by atoms with Crippen LogP contribution in [0.1, 0.15) is 29.0 Å². The van der Waals surface area contributed by atoms with Gasteiger partial charge in [0.25, 0.3) is 11.7 Å². The number of hydrogen-bond acceptors (Lipinski definition) is 4. The molecule has 3 rings (SSSR count). The normalized spacial score (nSPS) is 17.6. The van der Waals surface area contributed by atoms with Crippen LogP contribution in [0.2, 0.25) is 0 Å². The molecule has 0 bridgehead atoms. The van der Waals surface area contributed by atoms with E-state index in [1.807, 2.05) is 12.1 Å². The van der Waals surface area contributed by atoms with Crippen molar-refractivity contribution in [2.75, 3.05) is 33.2 Å². The van der Waals surface area contributed by atoms with E-state index in [1.165, 1.54) is 29.4 Å². The van der Waals surface area contributed by atoms with Gasteiger partial charge in [0.2, 0.25) is 0 Å². The van der Waals surface area contributed by atoms with Crippen molar-refractivity contribution in [2.24, 2.45) is 5.92 Å². The van der Waals surface area contributed by atoms with Gasteiger partial charge in [0.15, 0.2) is 5.76 Å². The van der Waals surface area contributed by atoms with Crippen molar-refractivity contribution < 1.29 is 18.4 Å². The maximum absolute atomic E-state index is 13.0. The second-order valence-electron chi connectivity index (χ2n) is 7.18. The molecule has 27 heavy (non-hydrogen) atoms. The number of likely N-dealkylation sites (tertiary alicyclic amines) is 1. The Morgan fingerprint density at radius 1 is 1.26 bits per heavy atom. The monoisotopic (exact) mass is 372 g/mol. The first-order valence-corrected chi connectivity index (χ1v) is 9.33. The number of Topliss-reactive ketones (excluding diaryl/α,β-unsaturated/α-hetero) is 1. The topological polar surface area (TPSA) is 53.8 Å². The molecular weight excluding hydrogens is 347 g/mol. The van der Waals surface area contributed by atoms with Crippen LogP contribution in [0, 0.1) is 11.7 Å². The number of ketones is 1. The van der Waals surface area contributed by atoms with Gasteiger partial charge < -0.3 is 14.2 Å². The van der Waals surface area contributed by atoms with Crippen LogP contribution in [-0.2, 0) is 11.2 Å². The van der Waals surface area contributed by atoms with E-state index in [1.54, 1.807) is 13.1 Å². The number of rotatable bonds is 7. The molecule has 0 unspecified atom stereocenters. The van der Waals surface area contributed by atoms with Crippen LogP contribution < -0.4 is 0 Å². The second-order valence-corrected chi connectivity index (χ2v) is 7.18. The molecule has 1 aromatic heterocycles. The summed E-state index contributed by atoms with van der Waals surface area (Å²) >= 11 is 0. The first kappa shape index (κ1) is 19.3. The molecule has 5 nitrogen and oxygen atoms in total. The van der Waals surface area contributed by atoms with E-state index in [0.717, 1.165) is 44.5 Å². The van der Waals surface area contributed by atoms with Crippen LogP contribution in [-0.4, -0.2) is 54.7 Å². The van der Waals surface area contributed by atoms with Crippen LogP contribution in [0.4, 0.5) is 4.39 Å². The van der Waals surface area contributed by atoms with Crippen molar-refractivity contribution >= 4 is 11.7 Å². The van der Waals surface area contributed by atoms with Gasteiger partial charge in [0.05, 0.1) is 6.26 Å².